The normalized spacial score (nSPS) is 17.9. The van der Waals surface area contributed by atoms with Crippen LogP contribution in [-0.4, -0.2) is 49.4 Å². The van der Waals surface area contributed by atoms with Crippen molar-refractivity contribution in [3.8, 4) is 0 Å². The van der Waals surface area contributed by atoms with E-state index in [0.717, 1.165) is 38.0 Å². The average Bonchev–Trinajstić information content (AvgIpc) is 2.60. The fraction of sp³-hybridized carbons (Fsp3) is 0.556. The van der Waals surface area contributed by atoms with Crippen molar-refractivity contribution in [3.63, 3.8) is 0 Å². The summed E-state index contributed by atoms with van der Waals surface area (Å²) in [6.45, 7) is 2.42. The number of halogens is 1. The molecule has 24 heavy (non-hydrogen) atoms. The number of anilines is 1. The van der Waals surface area contributed by atoms with Crippen molar-refractivity contribution < 1.29 is 9.59 Å². The molecule has 1 fully saturated rings. The second-order valence-electron chi connectivity index (χ2n) is 6.41. The molecule has 2 amide bonds. The highest BCUT2D eigenvalue weighted by Crippen LogP contribution is 2.27. The van der Waals surface area contributed by atoms with Crippen molar-refractivity contribution in [3.05, 3.63) is 29.8 Å². The zero-order chi connectivity index (χ0) is 16.2. The maximum Gasteiger partial charge on any atom is 0.227 e. The molecule has 1 N–H and O–H groups in total. The van der Waals surface area contributed by atoms with E-state index in [1.54, 1.807) is 4.90 Å². The van der Waals surface area contributed by atoms with Crippen LogP contribution in [0, 0.1) is 0 Å². The molecule has 0 bridgehead atoms. The van der Waals surface area contributed by atoms with E-state index in [0.29, 0.717) is 25.4 Å². The quantitative estimate of drug-likeness (QED) is 0.902. The van der Waals surface area contributed by atoms with Crippen LogP contribution >= 0.6 is 12.4 Å². The summed E-state index contributed by atoms with van der Waals surface area (Å²) in [4.78, 5) is 28.4. The van der Waals surface area contributed by atoms with Gasteiger partial charge in [0.15, 0.2) is 0 Å². The van der Waals surface area contributed by atoms with Gasteiger partial charge < -0.3 is 15.1 Å². The number of piperidine rings is 1. The first-order valence-corrected chi connectivity index (χ1v) is 8.51. The Morgan fingerprint density at radius 1 is 1.25 bits per heavy atom. The molecule has 1 aromatic carbocycles. The van der Waals surface area contributed by atoms with Crippen LogP contribution in [0.25, 0.3) is 0 Å². The van der Waals surface area contributed by atoms with Crippen molar-refractivity contribution in [2.75, 3.05) is 31.6 Å². The number of para-hydroxylation sites is 1. The molecule has 0 unspecified atom stereocenters. The van der Waals surface area contributed by atoms with Crippen molar-refractivity contribution in [1.29, 1.82) is 0 Å². The number of amides is 2. The molecule has 0 radical (unpaired) electrons. The Kier molecular flexibility index (Phi) is 6.63. The monoisotopic (exact) mass is 351 g/mol. The Bertz CT molecular complexity index is 587. The highest BCUT2D eigenvalue weighted by molar-refractivity contribution is 5.97. The molecule has 132 valence electrons. The molecule has 6 heteroatoms. The van der Waals surface area contributed by atoms with E-state index in [-0.39, 0.29) is 24.2 Å². The number of carbonyl (C=O) groups excluding carboxylic acids is 2. The first kappa shape index (κ1) is 18.7. The number of carbonyl (C=O) groups is 2. The summed E-state index contributed by atoms with van der Waals surface area (Å²) >= 11 is 0. The smallest absolute Gasteiger partial charge is 0.227 e. The largest absolute Gasteiger partial charge is 0.343 e. The summed E-state index contributed by atoms with van der Waals surface area (Å²) in [5, 5.41) is 3.32. The number of nitrogens with zero attached hydrogens (tertiary/aromatic N) is 2. The number of aryl methyl sites for hydroxylation is 1. The van der Waals surface area contributed by atoms with E-state index in [9.17, 15) is 9.59 Å². The molecule has 0 atom stereocenters. The highest BCUT2D eigenvalue weighted by Gasteiger charge is 2.26. The van der Waals surface area contributed by atoms with Crippen molar-refractivity contribution in [2.24, 2.45) is 0 Å². The van der Waals surface area contributed by atoms with Crippen molar-refractivity contribution in [1.82, 2.24) is 10.2 Å². The minimum absolute atomic E-state index is 0. The van der Waals surface area contributed by atoms with E-state index in [2.05, 4.69) is 11.4 Å². The zero-order valence-corrected chi connectivity index (χ0v) is 15.0. The minimum atomic E-state index is 0. The van der Waals surface area contributed by atoms with E-state index in [1.165, 1.54) is 5.56 Å². The van der Waals surface area contributed by atoms with Crippen LogP contribution in [0.4, 0.5) is 5.69 Å². The molecule has 2 aliphatic heterocycles. The lowest BCUT2D eigenvalue weighted by Crippen LogP contribution is -2.45. The fourth-order valence-corrected chi connectivity index (χ4v) is 3.52. The summed E-state index contributed by atoms with van der Waals surface area (Å²) in [5.74, 6) is 0.258. The maximum atomic E-state index is 12.5. The second-order valence-corrected chi connectivity index (χ2v) is 6.41. The average molecular weight is 352 g/mol. The summed E-state index contributed by atoms with van der Waals surface area (Å²) in [6.07, 6.45) is 3.74. The van der Waals surface area contributed by atoms with Gasteiger partial charge in [0.25, 0.3) is 0 Å². The number of hydrogen-bond acceptors (Lipinski definition) is 3. The third-order valence-corrected chi connectivity index (χ3v) is 4.99. The van der Waals surface area contributed by atoms with Crippen LogP contribution in [0.1, 0.15) is 31.2 Å². The fourth-order valence-electron chi connectivity index (χ4n) is 3.52. The van der Waals surface area contributed by atoms with E-state index < -0.39 is 0 Å². The van der Waals surface area contributed by atoms with Crippen LogP contribution in [0.15, 0.2) is 24.3 Å². The molecule has 1 aromatic rings. The van der Waals surface area contributed by atoms with Crippen LogP contribution in [0.3, 0.4) is 0 Å². The SMILES string of the molecule is CN(C(=O)CCN1C(=O)CCc2ccccc21)C1CCNCC1.Cl. The Hall–Kier alpha value is -1.59. The summed E-state index contributed by atoms with van der Waals surface area (Å²) in [7, 11) is 1.89. The standard InChI is InChI=1S/C18H25N3O2.ClH/c1-20(15-8-11-19-12-9-15)17(22)10-13-21-16-5-3-2-4-14(16)6-7-18(21)23;/h2-5,15,19H,6-13H2,1H3;1H. The van der Waals surface area contributed by atoms with Crippen LogP contribution in [0.5, 0.6) is 0 Å². The summed E-state index contributed by atoms with van der Waals surface area (Å²) < 4.78 is 0. The predicted octanol–water partition coefficient (Wildman–Crippen LogP) is 1.99. The van der Waals surface area contributed by atoms with Gasteiger partial charge in [-0.3, -0.25) is 9.59 Å². The third kappa shape index (κ3) is 4.08. The molecule has 0 saturated carbocycles. The van der Waals surface area contributed by atoms with Crippen molar-refractivity contribution >= 4 is 29.9 Å². The summed E-state index contributed by atoms with van der Waals surface area (Å²) in [5.41, 5.74) is 2.17. The number of hydrogen-bond donors (Lipinski definition) is 1. The predicted molar refractivity (Wildman–Crippen MR) is 97.6 cm³/mol. The van der Waals surface area contributed by atoms with Gasteiger partial charge in [-0.05, 0) is 44.0 Å². The van der Waals surface area contributed by atoms with Gasteiger partial charge in [-0.1, -0.05) is 18.2 Å². The summed E-state index contributed by atoms with van der Waals surface area (Å²) in [6, 6.07) is 8.33. The van der Waals surface area contributed by atoms with Crippen LogP contribution in [0.2, 0.25) is 0 Å². The van der Waals surface area contributed by atoms with E-state index in [1.807, 2.05) is 30.1 Å². The van der Waals surface area contributed by atoms with Crippen molar-refractivity contribution in [2.45, 2.75) is 38.1 Å². The maximum absolute atomic E-state index is 12.5. The number of fused-ring (bicyclic) bond motifs is 1. The highest BCUT2D eigenvalue weighted by atomic mass is 35.5. The number of benzene rings is 1. The molecular formula is C18H26ClN3O2. The van der Waals surface area contributed by atoms with Gasteiger partial charge >= 0.3 is 0 Å². The van der Waals surface area contributed by atoms with Gasteiger partial charge in [0, 0.05) is 38.2 Å². The Balaban J connectivity index is 0.00000208. The lowest BCUT2D eigenvalue weighted by molar-refractivity contribution is -0.132. The van der Waals surface area contributed by atoms with Gasteiger partial charge in [-0.25, -0.2) is 0 Å². The van der Waals surface area contributed by atoms with E-state index in [4.69, 9.17) is 0 Å². The Labute approximate surface area is 149 Å². The number of rotatable bonds is 4. The molecule has 0 spiro atoms. The molecule has 2 aliphatic rings. The molecule has 2 heterocycles. The molecule has 1 saturated heterocycles. The molecular weight excluding hydrogens is 326 g/mol. The Morgan fingerprint density at radius 3 is 2.71 bits per heavy atom. The van der Waals surface area contributed by atoms with Gasteiger partial charge in [0.1, 0.15) is 0 Å². The topological polar surface area (TPSA) is 52.7 Å². The first-order chi connectivity index (χ1) is 11.2. The zero-order valence-electron chi connectivity index (χ0n) is 14.2. The lowest BCUT2D eigenvalue weighted by atomic mass is 10.0. The molecule has 0 aromatic heterocycles. The van der Waals surface area contributed by atoms with Gasteiger partial charge in [-0.15, -0.1) is 12.4 Å². The number of nitrogens with one attached hydrogen (secondary N) is 1. The van der Waals surface area contributed by atoms with E-state index >= 15 is 0 Å². The van der Waals surface area contributed by atoms with Crippen LogP contribution in [-0.2, 0) is 16.0 Å². The Morgan fingerprint density at radius 2 is 1.96 bits per heavy atom. The van der Waals surface area contributed by atoms with Crippen LogP contribution < -0.4 is 10.2 Å². The van der Waals surface area contributed by atoms with Gasteiger partial charge in [-0.2, -0.15) is 0 Å². The molecule has 5 nitrogen and oxygen atoms in total. The minimum Gasteiger partial charge on any atom is -0.343 e. The first-order valence-electron chi connectivity index (χ1n) is 8.51. The molecule has 3 rings (SSSR count). The second kappa shape index (κ2) is 8.49. The molecule has 0 aliphatic carbocycles. The van der Waals surface area contributed by atoms with Gasteiger partial charge in [0.2, 0.25) is 11.8 Å². The van der Waals surface area contributed by atoms with Gasteiger partial charge in [0.05, 0.1) is 0 Å². The third-order valence-electron chi connectivity index (χ3n) is 4.99. The lowest BCUT2D eigenvalue weighted by Gasteiger charge is -2.33.